The normalized spacial score (nSPS) is 9.55. The Hall–Kier alpha value is -0.960. The van der Waals surface area contributed by atoms with E-state index >= 15 is 0 Å². The third kappa shape index (κ3) is 1.98. The monoisotopic (exact) mass is 168 g/mol. The van der Waals surface area contributed by atoms with Crippen molar-refractivity contribution in [3.05, 3.63) is 21.9 Å². The lowest BCUT2D eigenvalue weighted by molar-refractivity contribution is -0.116. The average molecular weight is 168 g/mol. The predicted octanol–water partition coefficient (Wildman–Crippen LogP) is 1.69. The summed E-state index contributed by atoms with van der Waals surface area (Å²) in [5.74, 6) is 0.0894. The second kappa shape index (κ2) is 3.44. The third-order valence-electron chi connectivity index (χ3n) is 1.34. The Morgan fingerprint density at radius 3 is 2.91 bits per heavy atom. The van der Waals surface area contributed by atoms with Crippen LogP contribution in [-0.2, 0) is 11.2 Å². The second-order valence-corrected chi connectivity index (χ2v) is 3.09. The summed E-state index contributed by atoms with van der Waals surface area (Å²) in [5.41, 5.74) is 1.49. The van der Waals surface area contributed by atoms with Crippen molar-refractivity contribution < 1.29 is 9.59 Å². The Morgan fingerprint density at radius 2 is 2.36 bits per heavy atom. The number of ketones is 1. The molecule has 0 saturated heterocycles. The molecule has 0 atom stereocenters. The van der Waals surface area contributed by atoms with E-state index in [1.54, 1.807) is 5.38 Å². The molecule has 0 aliphatic carbocycles. The van der Waals surface area contributed by atoms with Gasteiger partial charge in [-0.1, -0.05) is 0 Å². The Bertz CT molecular complexity index is 275. The summed E-state index contributed by atoms with van der Waals surface area (Å²) in [7, 11) is 0. The Labute approximate surface area is 68.9 Å². The number of carbonyl (C=O) groups is 2. The fraction of sp³-hybridized carbons (Fsp3) is 0.250. The van der Waals surface area contributed by atoms with Crippen LogP contribution >= 0.6 is 11.3 Å². The van der Waals surface area contributed by atoms with Crippen LogP contribution < -0.4 is 0 Å². The first kappa shape index (κ1) is 8.14. The maximum absolute atomic E-state index is 10.7. The van der Waals surface area contributed by atoms with Gasteiger partial charge in [0.2, 0.25) is 0 Å². The lowest BCUT2D eigenvalue weighted by Crippen LogP contribution is -1.97. The molecule has 0 amide bonds. The van der Waals surface area contributed by atoms with Gasteiger partial charge in [0.1, 0.15) is 5.78 Å². The summed E-state index contributed by atoms with van der Waals surface area (Å²) in [4.78, 5) is 21.0. The molecule has 0 unspecified atom stereocenters. The standard InChI is InChI=1S/C8H8O2S/c1-6(10)2-7-4-11-5-8(7)3-9/h3-5H,2H2,1H3. The van der Waals surface area contributed by atoms with Crippen molar-refractivity contribution in [3.63, 3.8) is 0 Å². The molecule has 1 heterocycles. The molecule has 1 aromatic heterocycles. The number of rotatable bonds is 3. The van der Waals surface area contributed by atoms with Gasteiger partial charge in [-0.05, 0) is 17.9 Å². The van der Waals surface area contributed by atoms with E-state index < -0.39 is 0 Å². The van der Waals surface area contributed by atoms with E-state index in [1.165, 1.54) is 18.3 Å². The van der Waals surface area contributed by atoms with Gasteiger partial charge < -0.3 is 0 Å². The molecule has 11 heavy (non-hydrogen) atoms. The van der Waals surface area contributed by atoms with Gasteiger partial charge >= 0.3 is 0 Å². The average Bonchev–Trinajstić information content (AvgIpc) is 2.34. The summed E-state index contributed by atoms with van der Waals surface area (Å²) in [5, 5.41) is 3.59. The van der Waals surface area contributed by atoms with Crippen LogP contribution in [0.5, 0.6) is 0 Å². The van der Waals surface area contributed by atoms with Crippen molar-refractivity contribution in [1.29, 1.82) is 0 Å². The highest BCUT2D eigenvalue weighted by molar-refractivity contribution is 7.08. The zero-order valence-corrected chi connectivity index (χ0v) is 6.98. The summed E-state index contributed by atoms with van der Waals surface area (Å²) >= 11 is 1.45. The molecule has 3 heteroatoms. The SMILES string of the molecule is CC(=O)Cc1cscc1C=O. The highest BCUT2D eigenvalue weighted by Crippen LogP contribution is 2.13. The zero-order valence-electron chi connectivity index (χ0n) is 6.16. The van der Waals surface area contributed by atoms with E-state index in [4.69, 9.17) is 0 Å². The number of thiophene rings is 1. The van der Waals surface area contributed by atoms with Crippen LogP contribution in [0.25, 0.3) is 0 Å². The quantitative estimate of drug-likeness (QED) is 0.643. The third-order valence-corrected chi connectivity index (χ3v) is 2.15. The molecule has 1 aromatic rings. The second-order valence-electron chi connectivity index (χ2n) is 2.35. The zero-order chi connectivity index (χ0) is 8.27. The summed E-state index contributed by atoms with van der Waals surface area (Å²) in [6, 6.07) is 0. The van der Waals surface area contributed by atoms with Gasteiger partial charge in [-0.3, -0.25) is 9.59 Å². The van der Waals surface area contributed by atoms with Crippen LogP contribution in [0.1, 0.15) is 22.8 Å². The Morgan fingerprint density at radius 1 is 1.64 bits per heavy atom. The van der Waals surface area contributed by atoms with Crippen molar-refractivity contribution in [2.24, 2.45) is 0 Å². The molecule has 0 spiro atoms. The Kier molecular flexibility index (Phi) is 2.54. The van der Waals surface area contributed by atoms with E-state index in [1.807, 2.05) is 5.38 Å². The van der Waals surface area contributed by atoms with Crippen LogP contribution in [0.3, 0.4) is 0 Å². The molecular weight excluding hydrogens is 160 g/mol. The summed E-state index contributed by atoms with van der Waals surface area (Å²) < 4.78 is 0. The van der Waals surface area contributed by atoms with Crippen LogP contribution in [0.2, 0.25) is 0 Å². The molecule has 1 rings (SSSR count). The highest BCUT2D eigenvalue weighted by atomic mass is 32.1. The van der Waals surface area contributed by atoms with Gasteiger partial charge in [0.05, 0.1) is 0 Å². The molecule has 0 aliphatic rings. The minimum atomic E-state index is 0.0894. The maximum Gasteiger partial charge on any atom is 0.151 e. The van der Waals surface area contributed by atoms with Crippen molar-refractivity contribution >= 4 is 23.4 Å². The van der Waals surface area contributed by atoms with Crippen LogP contribution in [0, 0.1) is 0 Å². The molecule has 58 valence electrons. The molecular formula is C8H8O2S. The van der Waals surface area contributed by atoms with Gasteiger partial charge in [0.15, 0.2) is 6.29 Å². The first-order valence-corrected chi connectivity index (χ1v) is 4.18. The topological polar surface area (TPSA) is 34.1 Å². The number of Topliss-reactive ketones (excluding diaryl/α,β-unsaturated/α-hetero) is 1. The van der Waals surface area contributed by atoms with Crippen LogP contribution in [-0.4, -0.2) is 12.1 Å². The van der Waals surface area contributed by atoms with Gasteiger partial charge in [-0.25, -0.2) is 0 Å². The van der Waals surface area contributed by atoms with Crippen LogP contribution in [0.15, 0.2) is 10.8 Å². The molecule has 0 aromatic carbocycles. The van der Waals surface area contributed by atoms with Crippen molar-refractivity contribution in [2.75, 3.05) is 0 Å². The fourth-order valence-corrected chi connectivity index (χ4v) is 1.65. The number of aldehydes is 1. The van der Waals surface area contributed by atoms with E-state index in [0.717, 1.165) is 11.8 Å². The largest absolute Gasteiger partial charge is 0.300 e. The molecule has 0 fully saturated rings. The first-order valence-electron chi connectivity index (χ1n) is 3.23. The lowest BCUT2D eigenvalue weighted by Gasteiger charge is -1.91. The van der Waals surface area contributed by atoms with Gasteiger partial charge in [-0.2, -0.15) is 11.3 Å². The minimum Gasteiger partial charge on any atom is -0.300 e. The predicted molar refractivity (Wildman–Crippen MR) is 44.1 cm³/mol. The summed E-state index contributed by atoms with van der Waals surface area (Å²) in [6.07, 6.45) is 1.16. The van der Waals surface area contributed by atoms with Gasteiger partial charge in [0, 0.05) is 17.4 Å². The van der Waals surface area contributed by atoms with Crippen molar-refractivity contribution in [2.45, 2.75) is 13.3 Å². The fourth-order valence-electron chi connectivity index (χ4n) is 0.849. The number of carbonyl (C=O) groups excluding carboxylic acids is 2. The highest BCUT2D eigenvalue weighted by Gasteiger charge is 2.04. The Balaban J connectivity index is 2.84. The van der Waals surface area contributed by atoms with Crippen molar-refractivity contribution in [3.8, 4) is 0 Å². The number of hydrogen-bond donors (Lipinski definition) is 0. The van der Waals surface area contributed by atoms with Crippen LogP contribution in [0.4, 0.5) is 0 Å². The number of hydrogen-bond acceptors (Lipinski definition) is 3. The molecule has 2 nitrogen and oxygen atoms in total. The minimum absolute atomic E-state index is 0.0894. The molecule has 0 radical (unpaired) electrons. The van der Waals surface area contributed by atoms with E-state index in [2.05, 4.69) is 0 Å². The molecule has 0 saturated carbocycles. The van der Waals surface area contributed by atoms with E-state index in [9.17, 15) is 9.59 Å². The van der Waals surface area contributed by atoms with Gasteiger partial charge in [-0.15, -0.1) is 0 Å². The first-order chi connectivity index (χ1) is 5.24. The molecule has 0 aliphatic heterocycles. The maximum atomic E-state index is 10.7. The van der Waals surface area contributed by atoms with E-state index in [0.29, 0.717) is 12.0 Å². The van der Waals surface area contributed by atoms with E-state index in [-0.39, 0.29) is 5.78 Å². The molecule has 0 N–H and O–H groups in total. The lowest BCUT2D eigenvalue weighted by atomic mass is 10.1. The summed E-state index contributed by atoms with van der Waals surface area (Å²) in [6.45, 7) is 1.52. The van der Waals surface area contributed by atoms with Gasteiger partial charge in [0.25, 0.3) is 0 Å². The molecule has 0 bridgehead atoms. The smallest absolute Gasteiger partial charge is 0.151 e. The van der Waals surface area contributed by atoms with Crippen molar-refractivity contribution in [1.82, 2.24) is 0 Å².